The van der Waals surface area contributed by atoms with Gasteiger partial charge in [-0.2, -0.15) is 0 Å². The van der Waals surface area contributed by atoms with Gasteiger partial charge in [0, 0.05) is 22.9 Å². The van der Waals surface area contributed by atoms with Gasteiger partial charge in [0.25, 0.3) is 0 Å². The molecule has 1 unspecified atom stereocenters. The Morgan fingerprint density at radius 3 is 2.62 bits per heavy atom. The number of rotatable bonds is 12. The molecule has 37 heavy (non-hydrogen) atoms. The fraction of sp³-hybridized carbons (Fsp3) is 0.367. The maximum atomic E-state index is 13.0. The lowest BCUT2D eigenvalue weighted by molar-refractivity contribution is -0.139. The summed E-state index contributed by atoms with van der Waals surface area (Å²) in [6, 6.07) is 9.23. The molecule has 3 aromatic rings. The molecule has 0 aliphatic rings. The van der Waals surface area contributed by atoms with Gasteiger partial charge in [0.1, 0.15) is 28.4 Å². The third-order valence-electron chi connectivity index (χ3n) is 6.25. The van der Waals surface area contributed by atoms with Crippen molar-refractivity contribution in [2.75, 3.05) is 7.11 Å². The SMILES string of the molecule is CCCCc1ccc2cc(C=C(C)C(=O)c3c(O)cc(C(C)CC/C=C/CC(=O)OC)oc3=O)oc2c1. The molecule has 7 heteroatoms. The molecule has 1 N–H and O–H groups in total. The van der Waals surface area contributed by atoms with Crippen molar-refractivity contribution < 1.29 is 28.3 Å². The number of fused-ring (bicyclic) bond motifs is 1. The molecule has 0 spiro atoms. The Morgan fingerprint density at radius 1 is 1.14 bits per heavy atom. The number of furan rings is 1. The van der Waals surface area contributed by atoms with Crippen LogP contribution in [0.4, 0.5) is 0 Å². The summed E-state index contributed by atoms with van der Waals surface area (Å²) in [5.74, 6) is -0.759. The molecule has 2 aromatic heterocycles. The minimum Gasteiger partial charge on any atom is -0.507 e. The van der Waals surface area contributed by atoms with Crippen LogP contribution in [0.2, 0.25) is 0 Å². The zero-order chi connectivity index (χ0) is 26.9. The van der Waals surface area contributed by atoms with Crippen molar-refractivity contribution in [3.05, 3.63) is 81.1 Å². The second kappa shape index (κ2) is 12.9. The third kappa shape index (κ3) is 7.32. The molecule has 0 saturated heterocycles. The summed E-state index contributed by atoms with van der Waals surface area (Å²) in [6.45, 7) is 5.57. The van der Waals surface area contributed by atoms with Gasteiger partial charge in [-0.15, -0.1) is 0 Å². The summed E-state index contributed by atoms with van der Waals surface area (Å²) in [5, 5.41) is 11.4. The highest BCUT2D eigenvalue weighted by Crippen LogP contribution is 2.27. The highest BCUT2D eigenvalue weighted by molar-refractivity contribution is 6.12. The molecule has 0 bridgehead atoms. The van der Waals surface area contributed by atoms with Gasteiger partial charge in [0.15, 0.2) is 5.78 Å². The third-order valence-corrected chi connectivity index (χ3v) is 6.25. The molecule has 0 fully saturated rings. The Balaban J connectivity index is 1.72. The predicted octanol–water partition coefficient (Wildman–Crippen LogP) is 6.72. The number of aromatic hydroxyl groups is 1. The molecule has 2 heterocycles. The Hall–Kier alpha value is -3.87. The Kier molecular flexibility index (Phi) is 9.66. The van der Waals surface area contributed by atoms with E-state index in [2.05, 4.69) is 17.7 Å². The van der Waals surface area contributed by atoms with Gasteiger partial charge in [0.05, 0.1) is 13.5 Å². The summed E-state index contributed by atoms with van der Waals surface area (Å²) >= 11 is 0. The monoisotopic (exact) mass is 506 g/mol. The van der Waals surface area contributed by atoms with E-state index in [1.165, 1.54) is 18.7 Å². The predicted molar refractivity (Wildman–Crippen MR) is 143 cm³/mol. The van der Waals surface area contributed by atoms with Gasteiger partial charge in [-0.05, 0) is 56.4 Å². The average Bonchev–Trinajstić information content (AvgIpc) is 3.27. The number of carbonyl (C=O) groups is 2. The summed E-state index contributed by atoms with van der Waals surface area (Å²) in [4.78, 5) is 36.8. The van der Waals surface area contributed by atoms with Gasteiger partial charge >= 0.3 is 11.6 Å². The number of methoxy groups -OCH3 is 1. The van der Waals surface area contributed by atoms with Crippen molar-refractivity contribution in [3.8, 4) is 5.75 Å². The van der Waals surface area contributed by atoms with Crippen LogP contribution in [-0.4, -0.2) is 24.0 Å². The first-order valence-corrected chi connectivity index (χ1v) is 12.6. The van der Waals surface area contributed by atoms with Crippen LogP contribution in [0.25, 0.3) is 17.0 Å². The van der Waals surface area contributed by atoms with E-state index in [4.69, 9.17) is 8.83 Å². The van der Waals surface area contributed by atoms with Crippen molar-refractivity contribution in [2.24, 2.45) is 0 Å². The average molecular weight is 507 g/mol. The van der Waals surface area contributed by atoms with Crippen LogP contribution >= 0.6 is 0 Å². The van der Waals surface area contributed by atoms with E-state index in [0.29, 0.717) is 24.4 Å². The standard InChI is InChI=1S/C30H34O7/c1-5-6-11-21-13-14-22-17-23(36-26(22)16-21)15-20(3)29(33)28-24(31)18-25(37-30(28)34)19(2)10-8-7-9-12-27(32)35-4/h7,9,13-19,31H,5-6,8,10-12H2,1-4H3/b9-7+,20-15?. The van der Waals surface area contributed by atoms with Crippen LogP contribution in [0.15, 0.2) is 61.7 Å². The second-order valence-corrected chi connectivity index (χ2v) is 9.21. The number of esters is 1. The van der Waals surface area contributed by atoms with E-state index in [1.807, 2.05) is 31.2 Å². The van der Waals surface area contributed by atoms with E-state index in [1.54, 1.807) is 19.1 Å². The summed E-state index contributed by atoms with van der Waals surface area (Å²) < 4.78 is 15.9. The molecular weight excluding hydrogens is 472 g/mol. The van der Waals surface area contributed by atoms with Crippen LogP contribution in [-0.2, 0) is 16.0 Å². The number of hydrogen-bond donors (Lipinski definition) is 1. The van der Waals surface area contributed by atoms with Gasteiger partial charge in [-0.25, -0.2) is 4.79 Å². The number of allylic oxidation sites excluding steroid dienone is 2. The van der Waals surface area contributed by atoms with Crippen LogP contribution in [0.5, 0.6) is 5.75 Å². The van der Waals surface area contributed by atoms with E-state index < -0.39 is 22.7 Å². The van der Waals surface area contributed by atoms with Crippen molar-refractivity contribution in [1.82, 2.24) is 0 Å². The number of ether oxygens (including phenoxy) is 1. The van der Waals surface area contributed by atoms with Crippen molar-refractivity contribution in [2.45, 2.75) is 65.2 Å². The van der Waals surface area contributed by atoms with Crippen LogP contribution in [0, 0.1) is 0 Å². The van der Waals surface area contributed by atoms with Crippen molar-refractivity contribution in [1.29, 1.82) is 0 Å². The quantitative estimate of drug-likeness (QED) is 0.126. The van der Waals surface area contributed by atoms with E-state index in [0.717, 1.165) is 30.2 Å². The zero-order valence-electron chi connectivity index (χ0n) is 21.8. The molecular formula is C30H34O7. The summed E-state index contributed by atoms with van der Waals surface area (Å²) in [5.41, 5.74) is 0.887. The van der Waals surface area contributed by atoms with Crippen molar-refractivity contribution in [3.63, 3.8) is 0 Å². The number of Topliss-reactive ketones (excluding diaryl/α,β-unsaturated/α-hetero) is 1. The zero-order valence-corrected chi connectivity index (χ0v) is 21.8. The molecule has 0 amide bonds. The van der Waals surface area contributed by atoms with Crippen LogP contribution in [0.3, 0.4) is 0 Å². The first kappa shape index (κ1) is 27.7. The molecule has 1 atom stereocenters. The fourth-order valence-electron chi connectivity index (χ4n) is 4.00. The van der Waals surface area contributed by atoms with Gasteiger partial charge in [-0.3, -0.25) is 9.59 Å². The lowest BCUT2D eigenvalue weighted by Crippen LogP contribution is -2.16. The largest absolute Gasteiger partial charge is 0.507 e. The molecule has 0 aliphatic carbocycles. The van der Waals surface area contributed by atoms with E-state index in [-0.39, 0.29) is 23.9 Å². The molecule has 0 saturated carbocycles. The lowest BCUT2D eigenvalue weighted by atomic mass is 9.99. The van der Waals surface area contributed by atoms with Crippen molar-refractivity contribution >= 4 is 28.8 Å². The number of hydrogen-bond acceptors (Lipinski definition) is 7. The highest BCUT2D eigenvalue weighted by Gasteiger charge is 2.22. The lowest BCUT2D eigenvalue weighted by Gasteiger charge is -2.11. The minimum atomic E-state index is -0.883. The number of aryl methyl sites for hydroxylation is 1. The molecule has 0 aliphatic heterocycles. The molecule has 196 valence electrons. The first-order chi connectivity index (χ1) is 17.7. The van der Waals surface area contributed by atoms with Crippen LogP contribution < -0.4 is 5.63 Å². The smallest absolute Gasteiger partial charge is 0.351 e. The highest BCUT2D eigenvalue weighted by atomic mass is 16.5. The Morgan fingerprint density at radius 2 is 1.92 bits per heavy atom. The molecule has 7 nitrogen and oxygen atoms in total. The summed E-state index contributed by atoms with van der Waals surface area (Å²) in [6.07, 6.45) is 9.78. The van der Waals surface area contributed by atoms with E-state index in [9.17, 15) is 19.5 Å². The maximum absolute atomic E-state index is 13.0. The molecule has 3 rings (SSSR count). The number of benzene rings is 1. The van der Waals surface area contributed by atoms with Crippen LogP contribution in [0.1, 0.15) is 86.2 Å². The first-order valence-electron chi connectivity index (χ1n) is 12.6. The van der Waals surface area contributed by atoms with Gasteiger partial charge < -0.3 is 18.7 Å². The normalized spacial score (nSPS) is 12.8. The Bertz CT molecular complexity index is 1370. The summed E-state index contributed by atoms with van der Waals surface area (Å²) in [7, 11) is 1.33. The topological polar surface area (TPSA) is 107 Å². The van der Waals surface area contributed by atoms with Gasteiger partial charge in [0.2, 0.25) is 0 Å². The maximum Gasteiger partial charge on any atom is 0.351 e. The number of ketones is 1. The Labute approximate surface area is 216 Å². The van der Waals surface area contributed by atoms with Gasteiger partial charge in [-0.1, -0.05) is 44.6 Å². The fourth-order valence-corrected chi connectivity index (χ4v) is 4.00. The number of carbonyl (C=O) groups excluding carboxylic acids is 2. The minimum absolute atomic E-state index is 0.181. The van der Waals surface area contributed by atoms with E-state index >= 15 is 0 Å². The number of unbranched alkanes of at least 4 members (excludes halogenated alkanes) is 1. The second-order valence-electron chi connectivity index (χ2n) is 9.21. The molecule has 1 aromatic carbocycles. The molecule has 0 radical (unpaired) electrons.